The maximum atomic E-state index is 12.7. The van der Waals surface area contributed by atoms with E-state index in [9.17, 15) is 69.9 Å². The molecular formula is C6F14O2S. The number of hydrogen-bond donors (Lipinski definition) is 0. The van der Waals surface area contributed by atoms with E-state index in [0.717, 1.165) is 0 Å². The van der Waals surface area contributed by atoms with Crippen LogP contribution in [0.25, 0.3) is 0 Å². The third-order valence-electron chi connectivity index (χ3n) is 2.12. The highest BCUT2D eigenvalue weighted by Gasteiger charge is 2.89. The first-order valence-corrected chi connectivity index (χ1v) is 5.87. The number of halogens is 14. The second kappa shape index (κ2) is 4.98. The third-order valence-corrected chi connectivity index (χ3v) is 3.96. The first kappa shape index (κ1) is 22.0. The molecule has 0 fully saturated rings. The van der Waals surface area contributed by atoms with Crippen LogP contribution < -0.4 is 0 Å². The molecule has 0 aromatic carbocycles. The Morgan fingerprint density at radius 2 is 0.739 bits per heavy atom. The molecule has 0 saturated carbocycles. The molecule has 0 N–H and O–H groups in total. The summed E-state index contributed by atoms with van der Waals surface area (Å²) in [7, 11) is -8.92. The van der Waals surface area contributed by atoms with Gasteiger partial charge in [0.2, 0.25) is 0 Å². The van der Waals surface area contributed by atoms with Crippen LogP contribution >= 0.6 is 0 Å². The number of sulfone groups is 1. The van der Waals surface area contributed by atoms with E-state index in [4.69, 9.17) is 0 Å². The minimum Gasteiger partial charge on any atom is -0.216 e. The lowest BCUT2D eigenvalue weighted by Crippen LogP contribution is -2.66. The van der Waals surface area contributed by atoms with Crippen molar-refractivity contribution >= 4 is 9.84 Å². The highest BCUT2D eigenvalue weighted by molar-refractivity contribution is 7.93. The van der Waals surface area contributed by atoms with Crippen LogP contribution in [0.3, 0.4) is 0 Å². The van der Waals surface area contributed by atoms with E-state index in [1.807, 2.05) is 0 Å². The quantitative estimate of drug-likeness (QED) is 0.667. The molecule has 23 heavy (non-hydrogen) atoms. The van der Waals surface area contributed by atoms with E-state index in [0.29, 0.717) is 0 Å². The standard InChI is InChI=1S/C6F14O2S/c7-1(8,3(11,12)13)2(9,10)5(17,18)23(21,22)6(19,20)4(14,15)16. The van der Waals surface area contributed by atoms with Gasteiger partial charge in [0, 0.05) is 0 Å². The van der Waals surface area contributed by atoms with Gasteiger partial charge in [-0.3, -0.25) is 0 Å². The molecule has 0 aromatic rings. The Hall–Kier alpha value is -1.03. The summed E-state index contributed by atoms with van der Waals surface area (Å²) in [5.41, 5.74) is 0. The van der Waals surface area contributed by atoms with Gasteiger partial charge < -0.3 is 0 Å². The maximum Gasteiger partial charge on any atom is 0.469 e. The molecule has 0 saturated heterocycles. The van der Waals surface area contributed by atoms with E-state index in [1.54, 1.807) is 0 Å². The monoisotopic (exact) mass is 402 g/mol. The highest BCUT2D eigenvalue weighted by atomic mass is 32.2. The van der Waals surface area contributed by atoms with Crippen molar-refractivity contribution in [1.82, 2.24) is 0 Å². The molecule has 2 nitrogen and oxygen atoms in total. The average Bonchev–Trinajstić information content (AvgIpc) is 2.24. The van der Waals surface area contributed by atoms with Gasteiger partial charge in [0.15, 0.2) is 0 Å². The van der Waals surface area contributed by atoms with Gasteiger partial charge in [-0.2, -0.15) is 61.5 Å². The molecule has 0 heterocycles. The van der Waals surface area contributed by atoms with Gasteiger partial charge in [-0.05, 0) is 0 Å². The lowest BCUT2D eigenvalue weighted by molar-refractivity contribution is -0.383. The fourth-order valence-corrected chi connectivity index (χ4v) is 1.94. The third kappa shape index (κ3) is 2.69. The van der Waals surface area contributed by atoms with Crippen LogP contribution in [0.1, 0.15) is 0 Å². The van der Waals surface area contributed by atoms with E-state index >= 15 is 0 Å². The van der Waals surface area contributed by atoms with Crippen molar-refractivity contribution in [2.75, 3.05) is 0 Å². The van der Waals surface area contributed by atoms with E-state index in [2.05, 4.69) is 0 Å². The number of alkyl halides is 14. The minimum atomic E-state index is -8.92. The summed E-state index contributed by atoms with van der Waals surface area (Å²) in [6, 6.07) is 0. The van der Waals surface area contributed by atoms with Crippen LogP contribution in [0, 0.1) is 0 Å². The fourth-order valence-electron chi connectivity index (χ4n) is 0.843. The predicted octanol–water partition coefficient (Wildman–Crippen LogP) is 3.98. The lowest BCUT2D eigenvalue weighted by Gasteiger charge is -2.34. The summed E-state index contributed by atoms with van der Waals surface area (Å²) < 4.78 is 190. The van der Waals surface area contributed by atoms with Crippen molar-refractivity contribution in [2.45, 2.75) is 34.7 Å². The lowest BCUT2D eigenvalue weighted by atomic mass is 10.1. The van der Waals surface area contributed by atoms with Crippen LogP contribution in [0.2, 0.25) is 0 Å². The van der Waals surface area contributed by atoms with Crippen LogP contribution in [0.15, 0.2) is 0 Å². The summed E-state index contributed by atoms with van der Waals surface area (Å²) in [5.74, 6) is -16.1. The SMILES string of the molecule is O=S(=O)(C(F)(F)C(F)(F)F)C(F)(F)C(F)(F)C(F)(F)C(F)(F)F. The molecule has 0 aliphatic rings. The van der Waals surface area contributed by atoms with Crippen molar-refractivity contribution in [3.63, 3.8) is 0 Å². The van der Waals surface area contributed by atoms with Crippen molar-refractivity contribution in [3.8, 4) is 0 Å². The molecule has 0 rings (SSSR count). The average molecular weight is 402 g/mol. The molecule has 0 spiro atoms. The van der Waals surface area contributed by atoms with Gasteiger partial charge in [-0.1, -0.05) is 0 Å². The summed E-state index contributed by atoms with van der Waals surface area (Å²) >= 11 is 0. The van der Waals surface area contributed by atoms with E-state index in [1.165, 1.54) is 0 Å². The molecule has 0 bridgehead atoms. The highest BCUT2D eigenvalue weighted by Crippen LogP contribution is 2.58. The molecule has 0 unspecified atom stereocenters. The summed E-state index contributed by atoms with van der Waals surface area (Å²) in [4.78, 5) is 0. The normalized spacial score (nSPS) is 16.6. The van der Waals surface area contributed by atoms with Crippen LogP contribution in [-0.4, -0.2) is 43.1 Å². The van der Waals surface area contributed by atoms with Gasteiger partial charge in [-0.15, -0.1) is 0 Å². The first-order chi connectivity index (χ1) is 9.50. The molecule has 0 radical (unpaired) electrons. The maximum absolute atomic E-state index is 12.7. The second-order valence-electron chi connectivity index (χ2n) is 3.68. The molecule has 0 aromatic heterocycles. The Balaban J connectivity index is 6.50. The van der Waals surface area contributed by atoms with Crippen LogP contribution in [-0.2, 0) is 9.84 Å². The van der Waals surface area contributed by atoms with Crippen molar-refractivity contribution in [3.05, 3.63) is 0 Å². The van der Waals surface area contributed by atoms with Crippen LogP contribution in [0.4, 0.5) is 61.5 Å². The minimum absolute atomic E-state index is 7.50. The molecule has 140 valence electrons. The molecule has 0 amide bonds. The van der Waals surface area contributed by atoms with Crippen molar-refractivity contribution < 1.29 is 69.9 Å². The topological polar surface area (TPSA) is 34.1 Å². The zero-order chi connectivity index (χ0) is 19.5. The van der Waals surface area contributed by atoms with Gasteiger partial charge >= 0.3 is 34.7 Å². The molecule has 0 atom stereocenters. The Kier molecular flexibility index (Phi) is 4.76. The van der Waals surface area contributed by atoms with Crippen molar-refractivity contribution in [1.29, 1.82) is 0 Å². The van der Waals surface area contributed by atoms with E-state index in [-0.39, 0.29) is 0 Å². The van der Waals surface area contributed by atoms with E-state index < -0.39 is 44.5 Å². The summed E-state index contributed by atoms with van der Waals surface area (Å²) in [6.07, 6.45) is -15.1. The summed E-state index contributed by atoms with van der Waals surface area (Å²) in [6.45, 7) is 0. The summed E-state index contributed by atoms with van der Waals surface area (Å²) in [5, 5.41) is -15.9. The smallest absolute Gasteiger partial charge is 0.216 e. The van der Waals surface area contributed by atoms with Crippen LogP contribution in [0.5, 0.6) is 0 Å². The Labute approximate surface area is 116 Å². The fraction of sp³-hybridized carbons (Fsp3) is 1.00. The van der Waals surface area contributed by atoms with Crippen molar-refractivity contribution in [2.24, 2.45) is 0 Å². The number of rotatable bonds is 4. The predicted molar refractivity (Wildman–Crippen MR) is 40.8 cm³/mol. The molecule has 17 heteroatoms. The zero-order valence-electron chi connectivity index (χ0n) is 9.52. The molecule has 0 aliphatic heterocycles. The van der Waals surface area contributed by atoms with Gasteiger partial charge in [0.05, 0.1) is 0 Å². The Bertz CT molecular complexity index is 551. The largest absolute Gasteiger partial charge is 0.469 e. The zero-order valence-corrected chi connectivity index (χ0v) is 10.3. The Morgan fingerprint density at radius 1 is 0.435 bits per heavy atom. The molecule has 0 aliphatic carbocycles. The number of hydrogen-bond acceptors (Lipinski definition) is 2. The van der Waals surface area contributed by atoms with Gasteiger partial charge in [0.25, 0.3) is 9.84 Å². The van der Waals surface area contributed by atoms with Gasteiger partial charge in [0.1, 0.15) is 0 Å². The second-order valence-corrected chi connectivity index (χ2v) is 5.71. The first-order valence-electron chi connectivity index (χ1n) is 4.39. The van der Waals surface area contributed by atoms with Gasteiger partial charge in [-0.25, -0.2) is 8.42 Å². The molecular weight excluding hydrogens is 402 g/mol. The Morgan fingerprint density at radius 3 is 0.957 bits per heavy atom.